The van der Waals surface area contributed by atoms with Gasteiger partial charge in [0.15, 0.2) is 0 Å². The van der Waals surface area contributed by atoms with Gasteiger partial charge >= 0.3 is 5.97 Å². The van der Waals surface area contributed by atoms with Crippen molar-refractivity contribution in [1.29, 1.82) is 0 Å². The monoisotopic (exact) mass is 399 g/mol. The second kappa shape index (κ2) is 8.33. The van der Waals surface area contributed by atoms with Crippen LogP contribution in [-0.2, 0) is 24.3 Å². The van der Waals surface area contributed by atoms with E-state index in [0.29, 0.717) is 25.9 Å². The van der Waals surface area contributed by atoms with E-state index in [1.165, 1.54) is 30.2 Å². The lowest BCUT2D eigenvalue weighted by atomic mass is 9.97. The number of likely N-dealkylation sites (tertiary alicyclic amines) is 1. The Morgan fingerprint density at radius 1 is 1.33 bits per heavy atom. The minimum absolute atomic E-state index is 0.0458. The molecule has 0 N–H and O–H groups in total. The zero-order chi connectivity index (χ0) is 20.2. The van der Waals surface area contributed by atoms with E-state index in [1.54, 1.807) is 0 Å². The highest BCUT2D eigenvalue weighted by molar-refractivity contribution is 7.92. The van der Waals surface area contributed by atoms with E-state index in [1.807, 2.05) is 0 Å². The molecule has 1 amide bonds. The Balaban J connectivity index is 2.14. The second-order valence-corrected chi connectivity index (χ2v) is 8.13. The van der Waals surface area contributed by atoms with Gasteiger partial charge in [0.25, 0.3) is 5.69 Å². The lowest BCUT2D eigenvalue weighted by Gasteiger charge is -2.32. The maximum absolute atomic E-state index is 12.6. The van der Waals surface area contributed by atoms with Crippen molar-refractivity contribution in [2.75, 3.05) is 37.3 Å². The number of non-ortho nitro benzene ring substituents is 1. The summed E-state index contributed by atoms with van der Waals surface area (Å²) in [5, 5.41) is 10.9. The number of carbonyl (C=O) groups excluding carboxylic acids is 2. The number of nitro benzene ring substituents is 1. The van der Waals surface area contributed by atoms with Crippen molar-refractivity contribution in [2.24, 2.45) is 5.92 Å². The van der Waals surface area contributed by atoms with Crippen molar-refractivity contribution < 1.29 is 27.7 Å². The number of sulfonamides is 1. The third-order valence-electron chi connectivity index (χ3n) is 4.39. The van der Waals surface area contributed by atoms with E-state index in [4.69, 9.17) is 4.74 Å². The normalized spacial score (nSPS) is 15.3. The van der Waals surface area contributed by atoms with Crippen molar-refractivity contribution in [2.45, 2.75) is 12.8 Å². The number of nitro groups is 1. The number of carbonyl (C=O) groups is 2. The third-order valence-corrected chi connectivity index (χ3v) is 5.53. The highest BCUT2D eigenvalue weighted by atomic mass is 32.2. The van der Waals surface area contributed by atoms with Crippen LogP contribution in [0.5, 0.6) is 0 Å². The molecule has 0 saturated carbocycles. The summed E-state index contributed by atoms with van der Waals surface area (Å²) in [6.07, 6.45) is 1.81. The summed E-state index contributed by atoms with van der Waals surface area (Å²) in [4.78, 5) is 35.9. The SMILES string of the molecule is COC(=O)C1CCN(C(=O)CN(c2cccc([N+](=O)[O-])c2)S(C)(=O)=O)CC1. The van der Waals surface area contributed by atoms with Crippen LogP contribution in [0.15, 0.2) is 24.3 Å². The van der Waals surface area contributed by atoms with Crippen molar-refractivity contribution >= 4 is 33.3 Å². The van der Waals surface area contributed by atoms with Gasteiger partial charge < -0.3 is 9.64 Å². The first-order chi connectivity index (χ1) is 12.6. The van der Waals surface area contributed by atoms with E-state index in [9.17, 15) is 28.1 Å². The number of hydrogen-bond donors (Lipinski definition) is 0. The van der Waals surface area contributed by atoms with E-state index in [0.717, 1.165) is 16.6 Å². The quantitative estimate of drug-likeness (QED) is 0.393. The molecule has 1 heterocycles. The van der Waals surface area contributed by atoms with Gasteiger partial charge in [0.05, 0.1) is 29.9 Å². The summed E-state index contributed by atoms with van der Waals surface area (Å²) in [6, 6.07) is 5.10. The number of piperidine rings is 1. The molecule has 11 heteroatoms. The maximum atomic E-state index is 12.6. The van der Waals surface area contributed by atoms with Crippen LogP contribution in [-0.4, -0.2) is 63.1 Å². The van der Waals surface area contributed by atoms with Gasteiger partial charge in [0, 0.05) is 25.2 Å². The number of nitrogens with zero attached hydrogens (tertiary/aromatic N) is 3. The fourth-order valence-corrected chi connectivity index (χ4v) is 3.76. The maximum Gasteiger partial charge on any atom is 0.308 e. The molecule has 1 fully saturated rings. The molecule has 0 spiro atoms. The zero-order valence-electron chi connectivity index (χ0n) is 15.0. The zero-order valence-corrected chi connectivity index (χ0v) is 15.8. The molecule has 0 bridgehead atoms. The Labute approximate surface area is 156 Å². The molecule has 0 atom stereocenters. The van der Waals surface area contributed by atoms with Gasteiger partial charge in [-0.2, -0.15) is 0 Å². The summed E-state index contributed by atoms with van der Waals surface area (Å²) in [5.41, 5.74) is -0.225. The average molecular weight is 399 g/mol. The molecule has 1 aromatic carbocycles. The van der Waals surface area contributed by atoms with Crippen molar-refractivity contribution in [3.63, 3.8) is 0 Å². The Kier molecular flexibility index (Phi) is 6.37. The number of anilines is 1. The second-order valence-electron chi connectivity index (χ2n) is 6.22. The fourth-order valence-electron chi connectivity index (χ4n) is 2.92. The highest BCUT2D eigenvalue weighted by Gasteiger charge is 2.30. The largest absolute Gasteiger partial charge is 0.469 e. The van der Waals surface area contributed by atoms with E-state index in [2.05, 4.69) is 0 Å². The lowest BCUT2D eigenvalue weighted by molar-refractivity contribution is -0.384. The molecule has 0 aliphatic carbocycles. The summed E-state index contributed by atoms with van der Waals surface area (Å²) in [6.45, 7) is 0.152. The number of rotatable bonds is 6. The molecule has 10 nitrogen and oxygen atoms in total. The Bertz CT molecular complexity index is 832. The molecule has 0 unspecified atom stereocenters. The van der Waals surface area contributed by atoms with E-state index < -0.39 is 27.4 Å². The van der Waals surface area contributed by atoms with Crippen LogP contribution >= 0.6 is 0 Å². The van der Waals surface area contributed by atoms with Gasteiger partial charge in [-0.3, -0.25) is 24.0 Å². The molecular weight excluding hydrogens is 378 g/mol. The predicted octanol–water partition coefficient (Wildman–Crippen LogP) is 0.772. The van der Waals surface area contributed by atoms with E-state index in [-0.39, 0.29) is 23.3 Å². The van der Waals surface area contributed by atoms with E-state index >= 15 is 0 Å². The summed E-state index contributed by atoms with van der Waals surface area (Å²) >= 11 is 0. The van der Waals surface area contributed by atoms with Crippen LogP contribution in [0.2, 0.25) is 0 Å². The first-order valence-electron chi connectivity index (χ1n) is 8.21. The highest BCUT2D eigenvalue weighted by Crippen LogP contribution is 2.24. The smallest absolute Gasteiger partial charge is 0.308 e. The van der Waals surface area contributed by atoms with Crippen LogP contribution in [0.1, 0.15) is 12.8 Å². The lowest BCUT2D eigenvalue weighted by Crippen LogP contribution is -2.46. The molecule has 2 rings (SSSR count). The predicted molar refractivity (Wildman–Crippen MR) is 96.6 cm³/mol. The van der Waals surface area contributed by atoms with Gasteiger partial charge in [0.1, 0.15) is 6.54 Å². The molecule has 0 aromatic heterocycles. The number of ether oxygens (including phenoxy) is 1. The molecule has 1 aliphatic rings. The molecule has 1 saturated heterocycles. The Morgan fingerprint density at radius 3 is 2.48 bits per heavy atom. The number of methoxy groups -OCH3 is 1. The molecule has 1 aliphatic heterocycles. The molecule has 0 radical (unpaired) electrons. The standard InChI is InChI=1S/C16H21N3O7S/c1-26-16(21)12-6-8-17(9-7-12)15(20)11-18(27(2,24)25)13-4-3-5-14(10-13)19(22)23/h3-5,10,12H,6-9,11H2,1-2H3. The van der Waals surface area contributed by atoms with Crippen LogP contribution in [0.4, 0.5) is 11.4 Å². The van der Waals surface area contributed by atoms with Crippen LogP contribution < -0.4 is 4.31 Å². The first kappa shape index (κ1) is 20.6. The van der Waals surface area contributed by atoms with Gasteiger partial charge in [-0.1, -0.05) is 6.07 Å². The molecule has 1 aromatic rings. The first-order valence-corrected chi connectivity index (χ1v) is 10.1. The van der Waals surface area contributed by atoms with Gasteiger partial charge in [-0.25, -0.2) is 8.42 Å². The third kappa shape index (κ3) is 5.16. The number of hydrogen-bond acceptors (Lipinski definition) is 7. The topological polar surface area (TPSA) is 127 Å². The number of esters is 1. The average Bonchev–Trinajstić information content (AvgIpc) is 2.64. The minimum Gasteiger partial charge on any atom is -0.469 e. The Morgan fingerprint density at radius 2 is 1.96 bits per heavy atom. The number of amides is 1. The van der Waals surface area contributed by atoms with Gasteiger partial charge in [-0.15, -0.1) is 0 Å². The van der Waals surface area contributed by atoms with Gasteiger partial charge in [0.2, 0.25) is 15.9 Å². The number of benzene rings is 1. The molecule has 27 heavy (non-hydrogen) atoms. The van der Waals surface area contributed by atoms with Crippen molar-refractivity contribution in [3.05, 3.63) is 34.4 Å². The molecule has 148 valence electrons. The van der Waals surface area contributed by atoms with Crippen molar-refractivity contribution in [1.82, 2.24) is 4.90 Å². The van der Waals surface area contributed by atoms with Crippen LogP contribution in [0.25, 0.3) is 0 Å². The van der Waals surface area contributed by atoms with Gasteiger partial charge in [-0.05, 0) is 18.9 Å². The fraction of sp³-hybridized carbons (Fsp3) is 0.500. The van der Waals surface area contributed by atoms with Crippen LogP contribution in [0, 0.1) is 16.0 Å². The minimum atomic E-state index is -3.83. The molecular formula is C16H21N3O7S. The summed E-state index contributed by atoms with van der Waals surface area (Å²) < 4.78 is 29.8. The summed E-state index contributed by atoms with van der Waals surface area (Å²) in [7, 11) is -2.52. The Hall–Kier alpha value is -2.69. The van der Waals surface area contributed by atoms with Crippen molar-refractivity contribution in [3.8, 4) is 0 Å². The van der Waals surface area contributed by atoms with Crippen LogP contribution in [0.3, 0.4) is 0 Å². The summed E-state index contributed by atoms with van der Waals surface area (Å²) in [5.74, 6) is -1.03.